The minimum absolute atomic E-state index is 0. The molecule has 72 valence electrons. The third-order valence-corrected chi connectivity index (χ3v) is 0. The van der Waals surface area contributed by atoms with E-state index >= 15 is 0 Å². The fourth-order valence-corrected chi connectivity index (χ4v) is 0. The first-order valence-electron chi connectivity index (χ1n) is 1.84. The Balaban J connectivity index is -0.0000000270. The predicted octanol–water partition coefficient (Wildman–Crippen LogP) is -9.39. The summed E-state index contributed by atoms with van der Waals surface area (Å²) in [6.45, 7) is 0. The zero-order chi connectivity index (χ0) is 10.7. The zero-order valence-corrected chi connectivity index (χ0v) is 17.5. The number of hydrogen-bond acceptors (Lipinski definition) is 9. The van der Waals surface area contributed by atoms with E-state index in [-0.39, 0.29) is 39.6 Å². The SMILES string of the molecule is [Ga+3].[Ga+3].[O]=[Ge]([O-])[O-].[O]=[Ge]([O-])[O-].[O]=[Ge]([O-])[O-]. The molecule has 0 aliphatic rings. The van der Waals surface area contributed by atoms with Gasteiger partial charge in [-0.2, -0.15) is 0 Å². The Hall–Kier alpha value is 1.10. The minimum atomic E-state index is -4.08. The molecule has 14 heteroatoms. The first kappa shape index (κ1) is 29.4. The summed E-state index contributed by atoms with van der Waals surface area (Å²) in [7, 11) is 0. The molecule has 0 unspecified atom stereocenters. The van der Waals surface area contributed by atoms with Crippen LogP contribution in [-0.4, -0.2) is 84.5 Å². The van der Waals surface area contributed by atoms with Gasteiger partial charge in [-0.1, -0.05) is 0 Å². The summed E-state index contributed by atoms with van der Waals surface area (Å²) in [5, 5.41) is 0. The van der Waals surface area contributed by atoms with Crippen molar-refractivity contribution in [1.82, 2.24) is 0 Å². The van der Waals surface area contributed by atoms with E-state index in [9.17, 15) is 0 Å². The Morgan fingerprint density at radius 2 is 0.500 bits per heavy atom. The second-order valence-corrected chi connectivity index (χ2v) is 3.90. The Morgan fingerprint density at radius 1 is 0.500 bits per heavy atom. The van der Waals surface area contributed by atoms with E-state index in [0.717, 1.165) is 0 Å². The van der Waals surface area contributed by atoms with Gasteiger partial charge in [-0.15, -0.1) is 0 Å². The van der Waals surface area contributed by atoms with Crippen LogP contribution < -0.4 is 24.8 Å². The average molecular weight is 501 g/mol. The van der Waals surface area contributed by atoms with Crippen LogP contribution in [0.15, 0.2) is 0 Å². The van der Waals surface area contributed by atoms with Crippen LogP contribution in [0, 0.1) is 0 Å². The third kappa shape index (κ3) is 1580. The molecule has 14 heavy (non-hydrogen) atoms. The molecule has 0 aromatic rings. The first-order valence-corrected chi connectivity index (χ1v) is 9.55. The summed E-state index contributed by atoms with van der Waals surface area (Å²) in [6, 6.07) is 0. The molecule has 0 aromatic carbocycles. The molecular formula is Ga2Ge3O9. The van der Waals surface area contributed by atoms with Crippen LogP contribution in [0.2, 0.25) is 0 Å². The maximum absolute atomic E-state index is 8.58. The molecule has 0 rings (SSSR count). The van der Waals surface area contributed by atoms with Crippen LogP contribution in [0.4, 0.5) is 0 Å². The summed E-state index contributed by atoms with van der Waals surface area (Å²) in [5.74, 6) is 0. The Morgan fingerprint density at radius 3 is 0.500 bits per heavy atom. The fraction of sp³-hybridized carbons (Fsp3) is 0. The van der Waals surface area contributed by atoms with Gasteiger partial charge in [0.15, 0.2) is 0 Å². The Bertz CT molecular complexity index is 116. The van der Waals surface area contributed by atoms with Gasteiger partial charge in [0.2, 0.25) is 0 Å². The molecule has 9 nitrogen and oxygen atoms in total. The van der Waals surface area contributed by atoms with Gasteiger partial charge in [0.05, 0.1) is 0 Å². The summed E-state index contributed by atoms with van der Waals surface area (Å²) in [5.41, 5.74) is 0. The topological polar surface area (TPSA) is 190 Å². The quantitative estimate of drug-likeness (QED) is 0.290. The van der Waals surface area contributed by atoms with Crippen molar-refractivity contribution in [2.24, 2.45) is 0 Å². The normalized spacial score (nSPS) is 5.14. The zero-order valence-electron chi connectivity index (χ0n) is 6.33. The summed E-state index contributed by atoms with van der Waals surface area (Å²) in [4.78, 5) is 0. The second kappa shape index (κ2) is 23.7. The van der Waals surface area contributed by atoms with Gasteiger partial charge in [-0.3, -0.25) is 0 Å². The summed E-state index contributed by atoms with van der Waals surface area (Å²) >= 11 is -12.2. The number of rotatable bonds is 0. The van der Waals surface area contributed by atoms with E-state index in [1.165, 1.54) is 0 Å². The van der Waals surface area contributed by atoms with Gasteiger partial charge in [0.1, 0.15) is 0 Å². The van der Waals surface area contributed by atoms with Crippen molar-refractivity contribution < 1.29 is 36.1 Å². The first-order chi connectivity index (χ1) is 5.20. The molecule has 0 amide bonds. The van der Waals surface area contributed by atoms with Crippen molar-refractivity contribution in [3.63, 3.8) is 0 Å². The monoisotopic (exact) mass is 504 g/mol. The van der Waals surface area contributed by atoms with Crippen LogP contribution >= 0.6 is 0 Å². The van der Waals surface area contributed by atoms with Crippen molar-refractivity contribution in [2.75, 3.05) is 0 Å². The van der Waals surface area contributed by atoms with E-state index < -0.39 is 44.9 Å². The number of hydrogen-bond donors (Lipinski definition) is 0. The molecule has 0 spiro atoms. The Labute approximate surface area is 119 Å². The molecule has 0 saturated carbocycles. The molecule has 0 radical (unpaired) electrons. The van der Waals surface area contributed by atoms with Crippen molar-refractivity contribution in [2.45, 2.75) is 0 Å². The van der Waals surface area contributed by atoms with Crippen molar-refractivity contribution in [3.05, 3.63) is 0 Å². The standard InChI is InChI=1S/2Ga.3GeO3/c;;3*2-1(3)4/q2*+3;3*-2. The third-order valence-electron chi connectivity index (χ3n) is 0. The van der Waals surface area contributed by atoms with Crippen LogP contribution in [0.3, 0.4) is 0 Å². The molecule has 0 fully saturated rings. The summed E-state index contributed by atoms with van der Waals surface area (Å²) in [6.07, 6.45) is 0. The van der Waals surface area contributed by atoms with E-state index in [1.807, 2.05) is 0 Å². The molecule has 0 bridgehead atoms. The molecule has 0 atom stereocenters. The average Bonchev–Trinajstić information content (AvgIpc) is 1.54. The van der Waals surface area contributed by atoms with Crippen molar-refractivity contribution in [1.29, 1.82) is 0 Å². The van der Waals surface area contributed by atoms with Gasteiger partial charge < -0.3 is 0 Å². The molecule has 0 saturated heterocycles. The fourth-order valence-electron chi connectivity index (χ4n) is 0. The van der Waals surface area contributed by atoms with Gasteiger partial charge in [0.25, 0.3) is 0 Å². The maximum atomic E-state index is 8.58. The van der Waals surface area contributed by atoms with Gasteiger partial charge in [0, 0.05) is 0 Å². The van der Waals surface area contributed by atoms with E-state index in [4.69, 9.17) is 36.1 Å². The molecule has 0 heterocycles. The molecule has 0 aliphatic heterocycles. The van der Waals surface area contributed by atoms with Gasteiger partial charge in [-0.05, 0) is 0 Å². The van der Waals surface area contributed by atoms with Crippen LogP contribution in [-0.2, 0) is 11.3 Å². The van der Waals surface area contributed by atoms with Gasteiger partial charge >= 0.3 is 121 Å². The van der Waals surface area contributed by atoms with Crippen molar-refractivity contribution >= 4 is 84.5 Å². The van der Waals surface area contributed by atoms with Crippen LogP contribution in [0.5, 0.6) is 0 Å². The Kier molecular flexibility index (Phi) is 49.9. The molecular weight excluding hydrogens is 501 g/mol. The van der Waals surface area contributed by atoms with Crippen molar-refractivity contribution in [3.8, 4) is 0 Å². The van der Waals surface area contributed by atoms with E-state index in [0.29, 0.717) is 0 Å². The second-order valence-electron chi connectivity index (χ2n) is 0.750. The van der Waals surface area contributed by atoms with Crippen LogP contribution in [0.1, 0.15) is 0 Å². The van der Waals surface area contributed by atoms with E-state index in [2.05, 4.69) is 0 Å². The molecule has 0 aromatic heterocycles. The summed E-state index contributed by atoms with van der Waals surface area (Å²) < 4.78 is 77.2. The van der Waals surface area contributed by atoms with Crippen LogP contribution in [0.25, 0.3) is 0 Å². The predicted molar refractivity (Wildman–Crippen MR) is 30.8 cm³/mol. The molecule has 0 N–H and O–H groups in total. The van der Waals surface area contributed by atoms with E-state index in [1.54, 1.807) is 0 Å². The molecule has 0 aliphatic carbocycles. The van der Waals surface area contributed by atoms with Gasteiger partial charge in [-0.25, -0.2) is 0 Å².